The molecule has 2 heterocycles. The third-order valence-electron chi connectivity index (χ3n) is 3.75. The number of amides is 2. The Bertz CT molecular complexity index is 986. The Morgan fingerprint density at radius 2 is 2.03 bits per heavy atom. The number of rotatable bonds is 9. The summed E-state index contributed by atoms with van der Waals surface area (Å²) in [4.78, 5) is 27.9. The summed E-state index contributed by atoms with van der Waals surface area (Å²) in [5.74, 6) is 0.0298. The number of hydrogen-bond acceptors (Lipinski definition) is 7. The molecule has 0 fully saturated rings. The zero-order valence-corrected chi connectivity index (χ0v) is 17.2. The zero-order chi connectivity index (χ0) is 20.6. The first-order valence-electron chi connectivity index (χ1n) is 8.75. The molecule has 2 N–H and O–H groups in total. The van der Waals surface area contributed by atoms with Crippen LogP contribution in [0.15, 0.2) is 45.7 Å². The number of nitrogens with zero attached hydrogens (tertiary/aromatic N) is 4. The van der Waals surface area contributed by atoms with Crippen LogP contribution in [0, 0.1) is 6.92 Å². The number of hydrogen-bond donors (Lipinski definition) is 2. The van der Waals surface area contributed by atoms with E-state index in [2.05, 4.69) is 41.8 Å². The van der Waals surface area contributed by atoms with Crippen LogP contribution in [-0.2, 0) is 11.3 Å². The van der Waals surface area contributed by atoms with Gasteiger partial charge >= 0.3 is 11.8 Å². The molecule has 0 aliphatic rings. The van der Waals surface area contributed by atoms with E-state index in [4.69, 9.17) is 9.26 Å². The maximum atomic E-state index is 12.0. The van der Waals surface area contributed by atoms with Crippen molar-refractivity contribution in [2.24, 2.45) is 0 Å². The number of carbonyl (C=O) groups excluding carboxylic acids is 2. The number of halogens is 1. The van der Waals surface area contributed by atoms with E-state index in [1.807, 2.05) is 25.1 Å². The van der Waals surface area contributed by atoms with Gasteiger partial charge in [-0.1, -0.05) is 23.4 Å². The van der Waals surface area contributed by atoms with Crippen LogP contribution in [0.4, 0.5) is 0 Å². The average Bonchev–Trinajstić information content (AvgIpc) is 3.33. The molecule has 2 aromatic heterocycles. The lowest BCUT2D eigenvalue weighted by atomic mass is 10.2. The molecule has 0 aliphatic heterocycles. The van der Waals surface area contributed by atoms with Crippen LogP contribution in [0.5, 0.6) is 5.75 Å². The molecule has 3 aromatic rings. The molecule has 0 radical (unpaired) electrons. The monoisotopic (exact) mass is 462 g/mol. The van der Waals surface area contributed by atoms with Crippen LogP contribution in [0.2, 0.25) is 0 Å². The van der Waals surface area contributed by atoms with E-state index in [1.54, 1.807) is 23.1 Å². The summed E-state index contributed by atoms with van der Waals surface area (Å²) in [5.41, 5.74) is 0.951. The summed E-state index contributed by atoms with van der Waals surface area (Å²) in [6, 6.07) is 7.44. The second-order valence-electron chi connectivity index (χ2n) is 6.03. The molecule has 0 atom stereocenters. The topological polar surface area (TPSA) is 124 Å². The first kappa shape index (κ1) is 20.5. The Hall–Kier alpha value is -3.21. The van der Waals surface area contributed by atoms with Gasteiger partial charge in [0.15, 0.2) is 12.4 Å². The normalized spacial score (nSPS) is 10.6. The maximum Gasteiger partial charge on any atom is 0.316 e. The molecule has 0 aliphatic carbocycles. The second kappa shape index (κ2) is 9.82. The van der Waals surface area contributed by atoms with Gasteiger partial charge in [-0.2, -0.15) is 10.1 Å². The number of carbonyl (C=O) groups is 2. The molecule has 0 saturated carbocycles. The van der Waals surface area contributed by atoms with Crippen LogP contribution in [0.1, 0.15) is 22.1 Å². The summed E-state index contributed by atoms with van der Waals surface area (Å²) < 4.78 is 12.8. The number of para-hydroxylation sites is 1. The lowest BCUT2D eigenvalue weighted by Gasteiger charge is -2.09. The van der Waals surface area contributed by atoms with Crippen molar-refractivity contribution >= 4 is 27.7 Å². The molecule has 2 amide bonds. The van der Waals surface area contributed by atoms with Crippen molar-refractivity contribution < 1.29 is 18.8 Å². The fourth-order valence-corrected chi connectivity index (χ4v) is 2.67. The van der Waals surface area contributed by atoms with Crippen LogP contribution >= 0.6 is 15.9 Å². The minimum absolute atomic E-state index is 0.102. The van der Waals surface area contributed by atoms with E-state index in [1.165, 1.54) is 0 Å². The third kappa shape index (κ3) is 6.14. The number of aromatic nitrogens is 4. The molecule has 0 saturated heterocycles. The summed E-state index contributed by atoms with van der Waals surface area (Å²) in [5, 5.41) is 13.1. The highest BCUT2D eigenvalue weighted by Crippen LogP contribution is 2.15. The SMILES string of the molecule is Cc1ccccc1OCC(=O)NCCNC(=O)c1nc(Cn2cc(Br)cn2)no1. The average molecular weight is 463 g/mol. The lowest BCUT2D eigenvalue weighted by molar-refractivity contribution is -0.123. The van der Waals surface area contributed by atoms with Crippen molar-refractivity contribution in [2.75, 3.05) is 19.7 Å². The Balaban J connectivity index is 1.35. The molecule has 0 unspecified atom stereocenters. The van der Waals surface area contributed by atoms with Gasteiger partial charge in [-0.15, -0.1) is 0 Å². The smallest absolute Gasteiger partial charge is 0.316 e. The highest BCUT2D eigenvalue weighted by Gasteiger charge is 2.15. The summed E-state index contributed by atoms with van der Waals surface area (Å²) in [6.45, 7) is 2.52. The quantitative estimate of drug-likeness (QED) is 0.459. The van der Waals surface area contributed by atoms with Gasteiger partial charge in [-0.05, 0) is 34.5 Å². The molecular weight excluding hydrogens is 444 g/mol. The Morgan fingerprint density at radius 3 is 2.79 bits per heavy atom. The van der Waals surface area contributed by atoms with Crippen LogP contribution < -0.4 is 15.4 Å². The van der Waals surface area contributed by atoms with Gasteiger partial charge in [0.05, 0.1) is 10.7 Å². The third-order valence-corrected chi connectivity index (χ3v) is 4.16. The van der Waals surface area contributed by atoms with Crippen molar-refractivity contribution in [3.63, 3.8) is 0 Å². The standard InChI is InChI=1S/C18H19BrN6O4/c1-12-4-2-3-5-14(12)28-11-16(26)20-6-7-21-17(27)18-23-15(24-29-18)10-25-9-13(19)8-22-25/h2-5,8-9H,6-7,10-11H2,1H3,(H,20,26)(H,21,27). The van der Waals surface area contributed by atoms with Gasteiger partial charge in [0.1, 0.15) is 12.3 Å². The predicted molar refractivity (Wildman–Crippen MR) is 105 cm³/mol. The molecule has 0 bridgehead atoms. The van der Waals surface area contributed by atoms with Crippen molar-refractivity contribution in [3.8, 4) is 5.75 Å². The molecule has 3 rings (SSSR count). The van der Waals surface area contributed by atoms with Gasteiger partial charge in [0.25, 0.3) is 5.91 Å². The minimum atomic E-state index is -0.518. The van der Waals surface area contributed by atoms with Crippen molar-refractivity contribution in [1.29, 1.82) is 0 Å². The molecular formula is C18H19BrN6O4. The summed E-state index contributed by atoms with van der Waals surface area (Å²) in [6.07, 6.45) is 3.38. The van der Waals surface area contributed by atoms with Gasteiger partial charge < -0.3 is 19.9 Å². The molecule has 10 nitrogen and oxygen atoms in total. The largest absolute Gasteiger partial charge is 0.484 e. The maximum absolute atomic E-state index is 12.0. The fourth-order valence-electron chi connectivity index (χ4n) is 2.35. The number of aryl methyl sites for hydroxylation is 1. The molecule has 152 valence electrons. The van der Waals surface area contributed by atoms with Gasteiger partial charge in [0.2, 0.25) is 0 Å². The van der Waals surface area contributed by atoms with E-state index in [0.717, 1.165) is 10.0 Å². The van der Waals surface area contributed by atoms with E-state index in [9.17, 15) is 9.59 Å². The van der Waals surface area contributed by atoms with E-state index in [-0.39, 0.29) is 38.0 Å². The highest BCUT2D eigenvalue weighted by molar-refractivity contribution is 9.10. The zero-order valence-electron chi connectivity index (χ0n) is 15.6. The first-order chi connectivity index (χ1) is 14.0. The lowest BCUT2D eigenvalue weighted by Crippen LogP contribution is -2.36. The van der Waals surface area contributed by atoms with Crippen LogP contribution in [0.25, 0.3) is 0 Å². The van der Waals surface area contributed by atoms with E-state index < -0.39 is 5.91 Å². The molecule has 11 heteroatoms. The van der Waals surface area contributed by atoms with Crippen molar-refractivity contribution in [1.82, 2.24) is 30.6 Å². The first-order valence-corrected chi connectivity index (χ1v) is 9.54. The van der Waals surface area contributed by atoms with Crippen molar-refractivity contribution in [2.45, 2.75) is 13.5 Å². The Kier molecular flexibility index (Phi) is 6.95. The van der Waals surface area contributed by atoms with E-state index >= 15 is 0 Å². The van der Waals surface area contributed by atoms with Crippen molar-refractivity contribution in [3.05, 3.63) is 58.4 Å². The van der Waals surface area contributed by atoms with Gasteiger partial charge in [-0.25, -0.2) is 0 Å². The molecule has 0 spiro atoms. The molecule has 1 aromatic carbocycles. The Labute approximate surface area is 174 Å². The highest BCUT2D eigenvalue weighted by atomic mass is 79.9. The summed E-state index contributed by atoms with van der Waals surface area (Å²) >= 11 is 3.29. The molecule has 29 heavy (non-hydrogen) atoms. The second-order valence-corrected chi connectivity index (χ2v) is 6.95. The fraction of sp³-hybridized carbons (Fsp3) is 0.278. The number of benzene rings is 1. The number of nitrogens with one attached hydrogen (secondary N) is 2. The van der Waals surface area contributed by atoms with Gasteiger partial charge in [-0.3, -0.25) is 14.3 Å². The van der Waals surface area contributed by atoms with Gasteiger partial charge in [0, 0.05) is 19.3 Å². The predicted octanol–water partition coefficient (Wildman–Crippen LogP) is 1.31. The minimum Gasteiger partial charge on any atom is -0.484 e. The van der Waals surface area contributed by atoms with Crippen LogP contribution in [0.3, 0.4) is 0 Å². The van der Waals surface area contributed by atoms with Crippen LogP contribution in [-0.4, -0.2) is 51.4 Å². The number of ether oxygens (including phenoxy) is 1. The Morgan fingerprint density at radius 1 is 1.24 bits per heavy atom. The van der Waals surface area contributed by atoms with E-state index in [0.29, 0.717) is 11.6 Å². The summed E-state index contributed by atoms with van der Waals surface area (Å²) in [7, 11) is 0.